The van der Waals surface area contributed by atoms with Crippen molar-refractivity contribution in [3.05, 3.63) is 21.1 Å². The third kappa shape index (κ3) is 3.00. The summed E-state index contributed by atoms with van der Waals surface area (Å²) >= 11 is 7.14. The summed E-state index contributed by atoms with van der Waals surface area (Å²) in [5.74, 6) is 1.61. The van der Waals surface area contributed by atoms with Crippen LogP contribution in [0.5, 0.6) is 5.75 Å². The Labute approximate surface area is 125 Å². The summed E-state index contributed by atoms with van der Waals surface area (Å²) in [6.07, 6.45) is 1.24. The molecule has 3 nitrogen and oxygen atoms in total. The van der Waals surface area contributed by atoms with Crippen LogP contribution >= 0.6 is 31.9 Å². The van der Waals surface area contributed by atoms with Crippen LogP contribution in [0.1, 0.15) is 6.42 Å². The van der Waals surface area contributed by atoms with Crippen molar-refractivity contribution in [1.82, 2.24) is 5.32 Å². The van der Waals surface area contributed by atoms with Gasteiger partial charge in [-0.2, -0.15) is 0 Å². The van der Waals surface area contributed by atoms with Crippen LogP contribution in [0.4, 0.5) is 5.69 Å². The number of hydrogen-bond donors (Lipinski definition) is 1. The van der Waals surface area contributed by atoms with E-state index in [0.717, 1.165) is 40.2 Å². The van der Waals surface area contributed by atoms with E-state index in [1.807, 2.05) is 7.05 Å². The summed E-state index contributed by atoms with van der Waals surface area (Å²) < 4.78 is 7.46. The first-order valence-corrected chi connectivity index (χ1v) is 7.67. The van der Waals surface area contributed by atoms with E-state index < -0.39 is 0 Å². The summed E-state index contributed by atoms with van der Waals surface area (Å²) in [4.78, 5) is 2.42. The van der Waals surface area contributed by atoms with E-state index in [1.165, 1.54) is 12.1 Å². The molecule has 18 heavy (non-hydrogen) atoms. The fourth-order valence-electron chi connectivity index (χ4n) is 2.42. The number of nitrogens with zero attached hydrogens (tertiary/aromatic N) is 1. The molecule has 1 aliphatic rings. The van der Waals surface area contributed by atoms with Gasteiger partial charge in [0.05, 0.1) is 17.3 Å². The van der Waals surface area contributed by atoms with E-state index in [-0.39, 0.29) is 0 Å². The maximum absolute atomic E-state index is 5.37. The third-order valence-corrected chi connectivity index (χ3v) is 4.60. The minimum absolute atomic E-state index is 0.733. The third-order valence-electron chi connectivity index (χ3n) is 3.34. The Morgan fingerprint density at radius 1 is 1.39 bits per heavy atom. The van der Waals surface area contributed by atoms with Crippen molar-refractivity contribution in [2.24, 2.45) is 5.92 Å². The van der Waals surface area contributed by atoms with Gasteiger partial charge in [0.15, 0.2) is 0 Å². The minimum atomic E-state index is 0.733. The summed E-state index contributed by atoms with van der Waals surface area (Å²) in [5, 5.41) is 3.26. The molecule has 1 aromatic carbocycles. The molecule has 1 heterocycles. The van der Waals surface area contributed by atoms with Gasteiger partial charge in [0.25, 0.3) is 0 Å². The molecule has 1 N–H and O–H groups in total. The van der Waals surface area contributed by atoms with Gasteiger partial charge >= 0.3 is 0 Å². The molecule has 100 valence electrons. The monoisotopic (exact) mass is 376 g/mol. The zero-order valence-electron chi connectivity index (χ0n) is 10.7. The van der Waals surface area contributed by atoms with Crippen LogP contribution in [0.3, 0.4) is 0 Å². The molecular formula is C13H18Br2N2O. The van der Waals surface area contributed by atoms with Crippen LogP contribution in [0, 0.1) is 5.92 Å². The van der Waals surface area contributed by atoms with Crippen molar-refractivity contribution in [2.75, 3.05) is 38.7 Å². The predicted octanol–water partition coefficient (Wildman–Crippen LogP) is 3.27. The molecule has 0 bridgehead atoms. The van der Waals surface area contributed by atoms with Crippen LogP contribution in [0.25, 0.3) is 0 Å². The van der Waals surface area contributed by atoms with Crippen molar-refractivity contribution < 1.29 is 4.74 Å². The Bertz CT molecular complexity index is 426. The Balaban J connectivity index is 2.18. The highest BCUT2D eigenvalue weighted by molar-refractivity contribution is 9.11. The standard InChI is InChI=1S/C13H18Br2N2O/c1-16-7-9-3-4-17(8-9)12-6-13(18-2)11(15)5-10(12)14/h5-6,9,16H,3-4,7-8H2,1-2H3. The molecule has 1 aliphatic heterocycles. The number of hydrogen-bond acceptors (Lipinski definition) is 3. The van der Waals surface area contributed by atoms with Crippen LogP contribution in [0.15, 0.2) is 21.1 Å². The fourth-order valence-corrected chi connectivity index (χ4v) is 3.83. The van der Waals surface area contributed by atoms with Gasteiger partial charge in [-0.25, -0.2) is 0 Å². The van der Waals surface area contributed by atoms with Gasteiger partial charge < -0.3 is 15.0 Å². The topological polar surface area (TPSA) is 24.5 Å². The van der Waals surface area contributed by atoms with Gasteiger partial charge in [0.2, 0.25) is 0 Å². The molecule has 1 saturated heterocycles. The first kappa shape index (κ1) is 14.2. The molecule has 2 rings (SSSR count). The van der Waals surface area contributed by atoms with E-state index in [2.05, 4.69) is 54.2 Å². The number of benzene rings is 1. The first-order valence-electron chi connectivity index (χ1n) is 6.08. The van der Waals surface area contributed by atoms with Crippen molar-refractivity contribution in [3.63, 3.8) is 0 Å². The molecule has 1 atom stereocenters. The lowest BCUT2D eigenvalue weighted by Crippen LogP contribution is -2.24. The maximum atomic E-state index is 5.37. The lowest BCUT2D eigenvalue weighted by Gasteiger charge is -2.21. The Morgan fingerprint density at radius 3 is 2.83 bits per heavy atom. The Hall–Kier alpha value is -0.260. The molecule has 0 aliphatic carbocycles. The van der Waals surface area contributed by atoms with E-state index in [9.17, 15) is 0 Å². The molecule has 0 amide bonds. The van der Waals surface area contributed by atoms with Gasteiger partial charge in [0.1, 0.15) is 5.75 Å². The number of anilines is 1. The van der Waals surface area contributed by atoms with Crippen LogP contribution in [-0.2, 0) is 0 Å². The molecule has 1 unspecified atom stereocenters. The Morgan fingerprint density at radius 2 is 2.17 bits per heavy atom. The molecule has 1 fully saturated rings. The SMILES string of the molecule is CNCC1CCN(c2cc(OC)c(Br)cc2Br)C1. The van der Waals surface area contributed by atoms with E-state index in [1.54, 1.807) is 7.11 Å². The van der Waals surface area contributed by atoms with Crippen molar-refractivity contribution >= 4 is 37.5 Å². The number of methoxy groups -OCH3 is 1. The predicted molar refractivity (Wildman–Crippen MR) is 82.6 cm³/mol. The number of rotatable bonds is 4. The smallest absolute Gasteiger partial charge is 0.135 e. The quantitative estimate of drug-likeness (QED) is 0.871. The van der Waals surface area contributed by atoms with Gasteiger partial charge in [-0.3, -0.25) is 0 Å². The second-order valence-corrected chi connectivity index (χ2v) is 6.31. The van der Waals surface area contributed by atoms with Crippen LogP contribution in [-0.4, -0.2) is 33.8 Å². The second kappa shape index (κ2) is 6.26. The molecule has 0 spiro atoms. The average molecular weight is 378 g/mol. The number of ether oxygens (including phenoxy) is 1. The van der Waals surface area contributed by atoms with Gasteiger partial charge in [-0.1, -0.05) is 0 Å². The summed E-state index contributed by atoms with van der Waals surface area (Å²) in [7, 11) is 3.72. The highest BCUT2D eigenvalue weighted by Gasteiger charge is 2.24. The van der Waals surface area contributed by atoms with Crippen molar-refractivity contribution in [2.45, 2.75) is 6.42 Å². The van der Waals surface area contributed by atoms with Crippen molar-refractivity contribution in [3.8, 4) is 5.75 Å². The first-order chi connectivity index (χ1) is 8.65. The number of nitrogens with one attached hydrogen (secondary N) is 1. The lowest BCUT2D eigenvalue weighted by molar-refractivity contribution is 0.412. The molecule has 0 aromatic heterocycles. The largest absolute Gasteiger partial charge is 0.495 e. The lowest BCUT2D eigenvalue weighted by atomic mass is 10.1. The highest BCUT2D eigenvalue weighted by Crippen LogP contribution is 2.38. The average Bonchev–Trinajstić information content (AvgIpc) is 2.78. The van der Waals surface area contributed by atoms with Gasteiger partial charge in [0, 0.05) is 23.6 Å². The Kier molecular flexibility index (Phi) is 4.92. The second-order valence-electron chi connectivity index (χ2n) is 4.60. The summed E-state index contributed by atoms with van der Waals surface area (Å²) in [6, 6.07) is 4.15. The molecule has 0 saturated carbocycles. The van der Waals surface area contributed by atoms with Crippen LogP contribution in [0.2, 0.25) is 0 Å². The molecule has 1 aromatic rings. The normalized spacial score (nSPS) is 19.3. The van der Waals surface area contributed by atoms with E-state index in [4.69, 9.17) is 4.74 Å². The molecule has 0 radical (unpaired) electrons. The zero-order chi connectivity index (χ0) is 13.1. The van der Waals surface area contributed by atoms with E-state index >= 15 is 0 Å². The molecular weight excluding hydrogens is 360 g/mol. The minimum Gasteiger partial charge on any atom is -0.495 e. The highest BCUT2D eigenvalue weighted by atomic mass is 79.9. The zero-order valence-corrected chi connectivity index (χ0v) is 13.8. The maximum Gasteiger partial charge on any atom is 0.135 e. The summed E-state index contributed by atoms with van der Waals surface area (Å²) in [5.41, 5.74) is 1.22. The number of halogens is 2. The van der Waals surface area contributed by atoms with Crippen molar-refractivity contribution in [1.29, 1.82) is 0 Å². The summed E-state index contributed by atoms with van der Waals surface area (Å²) in [6.45, 7) is 3.29. The fraction of sp³-hybridized carbons (Fsp3) is 0.538. The van der Waals surface area contributed by atoms with Gasteiger partial charge in [-0.05, 0) is 63.9 Å². The van der Waals surface area contributed by atoms with Crippen LogP contribution < -0.4 is 15.0 Å². The van der Waals surface area contributed by atoms with Gasteiger partial charge in [-0.15, -0.1) is 0 Å². The molecule has 5 heteroatoms. The van der Waals surface area contributed by atoms with E-state index in [0.29, 0.717) is 0 Å².